The van der Waals surface area contributed by atoms with Gasteiger partial charge in [0.15, 0.2) is 0 Å². The van der Waals surface area contributed by atoms with Gasteiger partial charge in [0.25, 0.3) is 0 Å². The van der Waals surface area contributed by atoms with Gasteiger partial charge in [0.2, 0.25) is 0 Å². The Morgan fingerprint density at radius 2 is 2.13 bits per heavy atom. The fraction of sp³-hybridized carbons (Fsp3) is 0.900. The van der Waals surface area contributed by atoms with E-state index in [1.54, 1.807) is 20.8 Å². The third-order valence-corrected chi connectivity index (χ3v) is 2.39. The van der Waals surface area contributed by atoms with Crippen LogP contribution in [0.3, 0.4) is 0 Å². The van der Waals surface area contributed by atoms with E-state index in [1.807, 2.05) is 0 Å². The standard InChI is InChI=1S/C10H19NO4/c1-10(2,3)15-9(14)11-7-4-6(5-12)8(7)13/h6-8,12-13H,4-5H2,1-3H3,(H,11,14)/t6-,7-,8-/m1/s1. The Hall–Kier alpha value is -0.810. The van der Waals surface area contributed by atoms with E-state index in [4.69, 9.17) is 9.84 Å². The lowest BCUT2D eigenvalue weighted by Crippen LogP contribution is -2.57. The van der Waals surface area contributed by atoms with Crippen LogP contribution in [0.1, 0.15) is 27.2 Å². The van der Waals surface area contributed by atoms with Gasteiger partial charge in [0.1, 0.15) is 5.60 Å². The van der Waals surface area contributed by atoms with Gasteiger partial charge in [-0.25, -0.2) is 4.79 Å². The van der Waals surface area contributed by atoms with Crippen molar-refractivity contribution in [3.05, 3.63) is 0 Å². The number of carbonyl (C=O) groups excluding carboxylic acids is 1. The molecule has 1 rings (SSSR count). The zero-order valence-corrected chi connectivity index (χ0v) is 9.36. The lowest BCUT2D eigenvalue weighted by atomic mass is 9.77. The molecular weight excluding hydrogens is 198 g/mol. The van der Waals surface area contributed by atoms with Crippen LogP contribution in [-0.2, 0) is 4.74 Å². The number of aliphatic hydroxyl groups is 2. The second-order valence-electron chi connectivity index (χ2n) is 4.92. The summed E-state index contributed by atoms with van der Waals surface area (Å²) in [6.45, 7) is 5.29. The van der Waals surface area contributed by atoms with Crippen LogP contribution in [0.5, 0.6) is 0 Å². The number of aliphatic hydroxyl groups excluding tert-OH is 2. The molecule has 0 heterocycles. The van der Waals surface area contributed by atoms with Crippen LogP contribution in [0.25, 0.3) is 0 Å². The van der Waals surface area contributed by atoms with Crippen LogP contribution in [0, 0.1) is 5.92 Å². The molecule has 3 N–H and O–H groups in total. The van der Waals surface area contributed by atoms with Crippen molar-refractivity contribution in [2.24, 2.45) is 5.92 Å². The first kappa shape index (κ1) is 12.3. The van der Waals surface area contributed by atoms with Crippen molar-refractivity contribution in [1.82, 2.24) is 5.32 Å². The van der Waals surface area contributed by atoms with Crippen molar-refractivity contribution in [3.8, 4) is 0 Å². The maximum Gasteiger partial charge on any atom is 0.407 e. The second-order valence-corrected chi connectivity index (χ2v) is 4.92. The summed E-state index contributed by atoms with van der Waals surface area (Å²) in [6, 6.07) is -0.294. The smallest absolute Gasteiger partial charge is 0.407 e. The van der Waals surface area contributed by atoms with Crippen LogP contribution >= 0.6 is 0 Å². The quantitative estimate of drug-likeness (QED) is 0.619. The first-order valence-electron chi connectivity index (χ1n) is 5.12. The van der Waals surface area contributed by atoms with Crippen LogP contribution in [0.15, 0.2) is 0 Å². The summed E-state index contributed by atoms with van der Waals surface area (Å²) in [7, 11) is 0. The molecule has 3 atom stereocenters. The molecule has 0 bridgehead atoms. The Morgan fingerprint density at radius 3 is 2.53 bits per heavy atom. The molecule has 5 heteroatoms. The first-order valence-corrected chi connectivity index (χ1v) is 5.12. The Balaban J connectivity index is 2.29. The molecule has 0 aromatic heterocycles. The number of amides is 1. The minimum absolute atomic E-state index is 0.0480. The largest absolute Gasteiger partial charge is 0.444 e. The minimum Gasteiger partial charge on any atom is -0.444 e. The number of hydrogen-bond donors (Lipinski definition) is 3. The zero-order valence-electron chi connectivity index (χ0n) is 9.36. The van der Waals surface area contributed by atoms with E-state index in [0.29, 0.717) is 6.42 Å². The van der Waals surface area contributed by atoms with E-state index in [2.05, 4.69) is 5.32 Å². The fourth-order valence-corrected chi connectivity index (χ4v) is 1.52. The highest BCUT2D eigenvalue weighted by Crippen LogP contribution is 2.27. The molecule has 0 aromatic carbocycles. The third-order valence-electron chi connectivity index (χ3n) is 2.39. The Bertz CT molecular complexity index is 236. The molecule has 0 radical (unpaired) electrons. The fourth-order valence-electron chi connectivity index (χ4n) is 1.52. The van der Waals surface area contributed by atoms with Crippen LogP contribution in [0.4, 0.5) is 4.79 Å². The van der Waals surface area contributed by atoms with Crippen LogP contribution in [-0.4, -0.2) is 40.7 Å². The number of nitrogens with one attached hydrogen (secondary N) is 1. The molecule has 1 saturated carbocycles. The molecule has 0 aromatic rings. The van der Waals surface area contributed by atoms with Gasteiger partial charge in [-0.3, -0.25) is 0 Å². The molecule has 1 amide bonds. The highest BCUT2D eigenvalue weighted by atomic mass is 16.6. The van der Waals surface area contributed by atoms with Crippen molar-refractivity contribution >= 4 is 6.09 Å². The summed E-state index contributed by atoms with van der Waals surface area (Å²) in [4.78, 5) is 11.3. The minimum atomic E-state index is -0.664. The SMILES string of the molecule is CC(C)(C)OC(=O)N[C@@H]1C[C@H](CO)[C@H]1O. The van der Waals surface area contributed by atoms with Gasteiger partial charge in [0.05, 0.1) is 12.1 Å². The normalized spacial score (nSPS) is 30.6. The van der Waals surface area contributed by atoms with E-state index in [-0.39, 0.29) is 18.6 Å². The lowest BCUT2D eigenvalue weighted by Gasteiger charge is -2.40. The number of alkyl carbamates (subject to hydrolysis) is 1. The van der Waals surface area contributed by atoms with Gasteiger partial charge < -0.3 is 20.3 Å². The van der Waals surface area contributed by atoms with Gasteiger partial charge >= 0.3 is 6.09 Å². The Kier molecular flexibility index (Phi) is 3.57. The Morgan fingerprint density at radius 1 is 1.53 bits per heavy atom. The van der Waals surface area contributed by atoms with Gasteiger partial charge in [-0.05, 0) is 27.2 Å². The van der Waals surface area contributed by atoms with Crippen molar-refractivity contribution in [2.75, 3.05) is 6.61 Å². The predicted molar refractivity (Wildman–Crippen MR) is 54.4 cm³/mol. The van der Waals surface area contributed by atoms with Crippen LogP contribution in [0.2, 0.25) is 0 Å². The zero-order chi connectivity index (χ0) is 11.6. The number of hydrogen-bond acceptors (Lipinski definition) is 4. The summed E-state index contributed by atoms with van der Waals surface area (Å²) < 4.78 is 5.04. The molecule has 0 spiro atoms. The third kappa shape index (κ3) is 3.35. The average molecular weight is 217 g/mol. The van der Waals surface area contributed by atoms with E-state index < -0.39 is 17.8 Å². The first-order chi connectivity index (χ1) is 6.83. The van der Waals surface area contributed by atoms with E-state index >= 15 is 0 Å². The van der Waals surface area contributed by atoms with Crippen molar-refractivity contribution in [2.45, 2.75) is 44.9 Å². The summed E-state index contributed by atoms with van der Waals surface area (Å²) in [6.07, 6.45) is -0.595. The Labute approximate surface area is 89.4 Å². The monoisotopic (exact) mass is 217 g/mol. The summed E-state index contributed by atoms with van der Waals surface area (Å²) in [5, 5.41) is 20.8. The molecule has 0 unspecified atom stereocenters. The topological polar surface area (TPSA) is 78.8 Å². The van der Waals surface area contributed by atoms with Crippen molar-refractivity contribution in [3.63, 3.8) is 0 Å². The average Bonchev–Trinajstić information content (AvgIpc) is 2.08. The van der Waals surface area contributed by atoms with Crippen molar-refractivity contribution < 1.29 is 19.7 Å². The van der Waals surface area contributed by atoms with Crippen LogP contribution < -0.4 is 5.32 Å². The molecule has 88 valence electrons. The molecule has 1 aliphatic rings. The molecule has 15 heavy (non-hydrogen) atoms. The van der Waals surface area contributed by atoms with Crippen molar-refractivity contribution in [1.29, 1.82) is 0 Å². The highest BCUT2D eigenvalue weighted by Gasteiger charge is 2.40. The molecule has 0 aliphatic heterocycles. The summed E-state index contributed by atoms with van der Waals surface area (Å²) in [5.74, 6) is -0.120. The summed E-state index contributed by atoms with van der Waals surface area (Å²) in [5.41, 5.74) is -0.533. The molecule has 5 nitrogen and oxygen atoms in total. The molecule has 0 saturated heterocycles. The van der Waals surface area contributed by atoms with E-state index in [9.17, 15) is 9.90 Å². The van der Waals surface area contributed by atoms with E-state index in [1.165, 1.54) is 0 Å². The van der Waals surface area contributed by atoms with E-state index in [0.717, 1.165) is 0 Å². The van der Waals surface area contributed by atoms with Gasteiger partial charge in [-0.2, -0.15) is 0 Å². The van der Waals surface area contributed by atoms with Gasteiger partial charge in [-0.15, -0.1) is 0 Å². The lowest BCUT2D eigenvalue weighted by molar-refractivity contribution is -0.0438. The number of ether oxygens (including phenoxy) is 1. The molecule has 1 fully saturated rings. The van der Waals surface area contributed by atoms with Gasteiger partial charge in [0, 0.05) is 12.5 Å². The molecule has 1 aliphatic carbocycles. The maximum absolute atomic E-state index is 11.3. The van der Waals surface area contributed by atoms with Gasteiger partial charge in [-0.1, -0.05) is 0 Å². The number of carbonyl (C=O) groups is 1. The summed E-state index contributed by atoms with van der Waals surface area (Å²) >= 11 is 0. The number of rotatable bonds is 2. The predicted octanol–water partition coefficient (Wildman–Crippen LogP) is 0.253. The highest BCUT2D eigenvalue weighted by molar-refractivity contribution is 5.68. The molecular formula is C10H19NO4. The maximum atomic E-state index is 11.3. The second kappa shape index (κ2) is 4.37.